The fourth-order valence-electron chi connectivity index (χ4n) is 1.71. The largest absolute Gasteiger partial charge is 0.481 e. The minimum atomic E-state index is 0.218. The number of anilines is 1. The minimum Gasteiger partial charge on any atom is -0.481 e. The molecule has 0 bridgehead atoms. The molecule has 0 fully saturated rings. The van der Waals surface area contributed by atoms with Gasteiger partial charge in [-0.25, -0.2) is 9.97 Å². The summed E-state index contributed by atoms with van der Waals surface area (Å²) in [6.07, 6.45) is 2.50. The number of methoxy groups -OCH3 is 1. The average Bonchev–Trinajstić information content (AvgIpc) is 2.30. The van der Waals surface area contributed by atoms with Gasteiger partial charge in [-0.1, -0.05) is 13.8 Å². The third-order valence-electron chi connectivity index (χ3n) is 2.51. The summed E-state index contributed by atoms with van der Waals surface area (Å²) in [5.41, 5.74) is 0.911. The molecule has 0 amide bonds. The number of alkyl halides is 1. The van der Waals surface area contributed by atoms with Crippen LogP contribution in [-0.2, 0) is 0 Å². The van der Waals surface area contributed by atoms with E-state index in [0.29, 0.717) is 17.7 Å². The van der Waals surface area contributed by atoms with Crippen LogP contribution in [0.5, 0.6) is 5.88 Å². The van der Waals surface area contributed by atoms with Gasteiger partial charge < -0.3 is 10.1 Å². The highest BCUT2D eigenvalue weighted by atomic mass is 35.5. The summed E-state index contributed by atoms with van der Waals surface area (Å²) in [5.74, 6) is 2.54. The van der Waals surface area contributed by atoms with E-state index in [1.807, 2.05) is 6.92 Å². The lowest BCUT2D eigenvalue weighted by Crippen LogP contribution is -2.24. The van der Waals surface area contributed by atoms with Crippen molar-refractivity contribution >= 4 is 17.4 Å². The second-order valence-corrected chi connectivity index (χ2v) is 4.79. The smallest absolute Gasteiger partial charge is 0.221 e. The zero-order chi connectivity index (χ0) is 12.8. The monoisotopic (exact) mass is 257 g/mol. The topological polar surface area (TPSA) is 47.0 Å². The number of nitrogens with one attached hydrogen (secondary N) is 1. The zero-order valence-electron chi connectivity index (χ0n) is 10.8. The first-order valence-corrected chi connectivity index (χ1v) is 6.30. The molecule has 5 heteroatoms. The number of hydrogen-bond donors (Lipinski definition) is 1. The Labute approximate surface area is 108 Å². The van der Waals surface area contributed by atoms with Gasteiger partial charge in [0.25, 0.3) is 0 Å². The van der Waals surface area contributed by atoms with Gasteiger partial charge in [0.05, 0.1) is 12.7 Å². The first kappa shape index (κ1) is 14.0. The van der Waals surface area contributed by atoms with Crippen molar-refractivity contribution in [3.63, 3.8) is 0 Å². The number of aromatic nitrogens is 2. The number of nitrogens with zero attached hydrogens (tertiary/aromatic N) is 2. The lowest BCUT2D eigenvalue weighted by atomic mass is 10.1. The van der Waals surface area contributed by atoms with E-state index < -0.39 is 0 Å². The number of ether oxygens (including phenoxy) is 1. The maximum atomic E-state index is 5.95. The summed E-state index contributed by atoms with van der Waals surface area (Å²) < 4.78 is 5.16. The van der Waals surface area contributed by atoms with Gasteiger partial charge in [0.15, 0.2) is 0 Å². The van der Waals surface area contributed by atoms with Crippen molar-refractivity contribution in [3.8, 4) is 5.88 Å². The Morgan fingerprint density at radius 1 is 1.41 bits per heavy atom. The fraction of sp³-hybridized carbons (Fsp3) is 0.667. The Morgan fingerprint density at radius 3 is 2.65 bits per heavy atom. The predicted octanol–water partition coefficient (Wildman–Crippen LogP) is 2.86. The molecule has 0 aliphatic heterocycles. The van der Waals surface area contributed by atoms with E-state index in [0.717, 1.165) is 17.8 Å². The summed E-state index contributed by atoms with van der Waals surface area (Å²) in [6.45, 7) is 6.28. The lowest BCUT2D eigenvalue weighted by molar-refractivity contribution is 0.393. The van der Waals surface area contributed by atoms with Crippen LogP contribution >= 0.6 is 11.6 Å². The molecule has 1 N–H and O–H groups in total. The van der Waals surface area contributed by atoms with Gasteiger partial charge in [-0.3, -0.25) is 0 Å². The maximum absolute atomic E-state index is 5.95. The Balaban J connectivity index is 2.79. The molecule has 1 heterocycles. The van der Waals surface area contributed by atoms with Gasteiger partial charge in [-0.05, 0) is 19.3 Å². The predicted molar refractivity (Wildman–Crippen MR) is 70.9 cm³/mol. The van der Waals surface area contributed by atoms with E-state index in [4.69, 9.17) is 16.3 Å². The molecule has 17 heavy (non-hydrogen) atoms. The van der Waals surface area contributed by atoms with E-state index in [1.165, 1.54) is 6.33 Å². The molecule has 4 nitrogen and oxygen atoms in total. The summed E-state index contributed by atoms with van der Waals surface area (Å²) in [5, 5.41) is 3.34. The minimum absolute atomic E-state index is 0.218. The summed E-state index contributed by atoms with van der Waals surface area (Å²) >= 11 is 5.95. The molecular formula is C12H20ClN3O. The van der Waals surface area contributed by atoms with Crippen LogP contribution in [0.2, 0.25) is 0 Å². The molecule has 0 aromatic carbocycles. The van der Waals surface area contributed by atoms with Gasteiger partial charge in [0.2, 0.25) is 5.88 Å². The van der Waals surface area contributed by atoms with Crippen molar-refractivity contribution in [2.75, 3.05) is 18.3 Å². The van der Waals surface area contributed by atoms with E-state index in [-0.39, 0.29) is 6.04 Å². The summed E-state index contributed by atoms with van der Waals surface area (Å²) in [4.78, 5) is 8.27. The average molecular weight is 258 g/mol. The van der Waals surface area contributed by atoms with Crippen molar-refractivity contribution in [2.24, 2.45) is 5.92 Å². The molecule has 0 aliphatic rings. The molecule has 1 aromatic rings. The first-order chi connectivity index (χ1) is 8.08. The van der Waals surface area contributed by atoms with Crippen LogP contribution in [0.3, 0.4) is 0 Å². The number of halogens is 1. The van der Waals surface area contributed by atoms with E-state index in [1.54, 1.807) is 7.11 Å². The third-order valence-corrected chi connectivity index (χ3v) is 2.89. The van der Waals surface area contributed by atoms with Crippen LogP contribution < -0.4 is 10.1 Å². The van der Waals surface area contributed by atoms with Gasteiger partial charge in [-0.2, -0.15) is 0 Å². The van der Waals surface area contributed by atoms with Crippen molar-refractivity contribution in [1.82, 2.24) is 9.97 Å². The highest BCUT2D eigenvalue weighted by molar-refractivity contribution is 6.18. The maximum Gasteiger partial charge on any atom is 0.221 e. The van der Waals surface area contributed by atoms with Crippen molar-refractivity contribution in [2.45, 2.75) is 33.2 Å². The van der Waals surface area contributed by atoms with Crippen molar-refractivity contribution in [3.05, 3.63) is 11.9 Å². The molecule has 1 unspecified atom stereocenters. The molecule has 0 saturated heterocycles. The van der Waals surface area contributed by atoms with Crippen molar-refractivity contribution in [1.29, 1.82) is 0 Å². The molecule has 1 rings (SSSR count). The highest BCUT2D eigenvalue weighted by Crippen LogP contribution is 2.21. The summed E-state index contributed by atoms with van der Waals surface area (Å²) in [7, 11) is 1.60. The molecule has 1 atom stereocenters. The SMILES string of the molecule is COc1ncnc(NC(CCl)CC(C)C)c1C. The van der Waals surface area contributed by atoms with Crippen LogP contribution in [0.15, 0.2) is 6.33 Å². The van der Waals surface area contributed by atoms with Crippen molar-refractivity contribution < 1.29 is 4.74 Å². The normalized spacial score (nSPS) is 12.6. The quantitative estimate of drug-likeness (QED) is 0.796. The Kier molecular flexibility index (Phi) is 5.48. The highest BCUT2D eigenvalue weighted by Gasteiger charge is 2.13. The molecule has 0 spiro atoms. The van der Waals surface area contributed by atoms with Gasteiger partial charge in [0.1, 0.15) is 12.1 Å². The van der Waals surface area contributed by atoms with Crippen LogP contribution in [0.1, 0.15) is 25.8 Å². The first-order valence-electron chi connectivity index (χ1n) is 5.76. The molecule has 0 radical (unpaired) electrons. The van der Waals surface area contributed by atoms with Gasteiger partial charge >= 0.3 is 0 Å². The van der Waals surface area contributed by atoms with Crippen LogP contribution in [0, 0.1) is 12.8 Å². The number of rotatable bonds is 6. The van der Waals surface area contributed by atoms with Gasteiger partial charge in [0, 0.05) is 11.9 Å². The molecule has 96 valence electrons. The Morgan fingerprint density at radius 2 is 2.12 bits per heavy atom. The number of hydrogen-bond acceptors (Lipinski definition) is 4. The third kappa shape index (κ3) is 4.04. The van der Waals surface area contributed by atoms with E-state index in [9.17, 15) is 0 Å². The van der Waals surface area contributed by atoms with Gasteiger partial charge in [-0.15, -0.1) is 11.6 Å². The standard InChI is InChI=1S/C12H20ClN3O/c1-8(2)5-10(6-13)16-11-9(3)12(17-4)15-7-14-11/h7-8,10H,5-6H2,1-4H3,(H,14,15,16). The molecule has 1 aromatic heterocycles. The van der Waals surface area contributed by atoms with Crippen LogP contribution in [0.25, 0.3) is 0 Å². The molecule has 0 aliphatic carbocycles. The second-order valence-electron chi connectivity index (χ2n) is 4.48. The van der Waals surface area contributed by atoms with Crippen LogP contribution in [-0.4, -0.2) is 29.0 Å². The van der Waals surface area contributed by atoms with E-state index >= 15 is 0 Å². The fourth-order valence-corrected chi connectivity index (χ4v) is 1.91. The Hall–Kier alpha value is -1.03. The van der Waals surface area contributed by atoms with E-state index in [2.05, 4.69) is 29.1 Å². The molecule has 0 saturated carbocycles. The zero-order valence-corrected chi connectivity index (χ0v) is 11.6. The van der Waals surface area contributed by atoms with Crippen LogP contribution in [0.4, 0.5) is 5.82 Å². The Bertz CT molecular complexity index is 358. The lowest BCUT2D eigenvalue weighted by Gasteiger charge is -2.20. The molecular weight excluding hydrogens is 238 g/mol. The summed E-state index contributed by atoms with van der Waals surface area (Å²) in [6, 6.07) is 0.218. The second kappa shape index (κ2) is 6.64.